The Balaban J connectivity index is 1.56. The van der Waals surface area contributed by atoms with E-state index < -0.39 is 11.7 Å². The first-order chi connectivity index (χ1) is 12.5. The highest BCUT2D eigenvalue weighted by Crippen LogP contribution is 2.35. The number of fused-ring (bicyclic) bond motifs is 1. The molecule has 0 atom stereocenters. The predicted molar refractivity (Wildman–Crippen MR) is 110 cm³/mol. The van der Waals surface area contributed by atoms with E-state index in [-0.39, 0.29) is 10.8 Å². The Labute approximate surface area is 163 Å². The molecule has 0 radical (unpaired) electrons. The van der Waals surface area contributed by atoms with E-state index in [0.717, 1.165) is 15.0 Å². The van der Waals surface area contributed by atoms with Gasteiger partial charge in [0, 0.05) is 21.0 Å². The number of thiophene rings is 1. The minimum Gasteiger partial charge on any atom is -0.329 e. The highest BCUT2D eigenvalue weighted by Gasteiger charge is 2.08. The highest BCUT2D eigenvalue weighted by molar-refractivity contribution is 7.80. The molecule has 3 N–H and O–H groups in total. The van der Waals surface area contributed by atoms with Crippen molar-refractivity contribution in [1.82, 2.24) is 10.9 Å². The van der Waals surface area contributed by atoms with Crippen LogP contribution in [-0.2, 0) is 4.79 Å². The van der Waals surface area contributed by atoms with Crippen LogP contribution in [0.1, 0.15) is 4.88 Å². The van der Waals surface area contributed by atoms with Crippen LogP contribution >= 0.6 is 35.2 Å². The van der Waals surface area contributed by atoms with Crippen molar-refractivity contribution in [1.29, 1.82) is 0 Å². The molecule has 0 saturated carbocycles. The third kappa shape index (κ3) is 4.37. The summed E-state index contributed by atoms with van der Waals surface area (Å²) in [7, 11) is 0. The van der Waals surface area contributed by atoms with Gasteiger partial charge in [0.1, 0.15) is 5.82 Å². The van der Waals surface area contributed by atoms with Crippen LogP contribution in [0.2, 0.25) is 5.02 Å². The number of amides is 1. The number of nitrogens with one attached hydrogen (secondary N) is 3. The molecule has 26 heavy (non-hydrogen) atoms. The maximum atomic E-state index is 13.5. The summed E-state index contributed by atoms with van der Waals surface area (Å²) in [6, 6.07) is 13.8. The third-order valence-corrected chi connectivity index (χ3v) is 5.23. The van der Waals surface area contributed by atoms with Crippen molar-refractivity contribution < 1.29 is 9.18 Å². The second kappa shape index (κ2) is 8.27. The number of hydrazine groups is 1. The fourth-order valence-corrected chi connectivity index (χ4v) is 3.73. The average Bonchev–Trinajstić information content (AvgIpc) is 2.96. The fourth-order valence-electron chi connectivity index (χ4n) is 2.17. The summed E-state index contributed by atoms with van der Waals surface area (Å²) in [4.78, 5) is 12.7. The molecule has 3 rings (SSSR count). The van der Waals surface area contributed by atoms with Crippen LogP contribution < -0.4 is 16.2 Å². The fraction of sp³-hybridized carbons (Fsp3) is 0. The molecular formula is C18H13ClFN3OS2. The molecular weight excluding hydrogens is 393 g/mol. The molecule has 0 fully saturated rings. The standard InChI is InChI=1S/C18H13ClFN3OS2/c19-17-11-5-1-4-8-14(11)26-15(17)9-10-16(24)22-23-18(25)21-13-7-3-2-6-12(13)20/h1-10H,(H,22,24)(H2,21,23,25)/b10-9+. The maximum Gasteiger partial charge on any atom is 0.262 e. The van der Waals surface area contributed by atoms with E-state index in [1.165, 1.54) is 29.5 Å². The van der Waals surface area contributed by atoms with Crippen LogP contribution in [-0.4, -0.2) is 11.0 Å². The van der Waals surface area contributed by atoms with Gasteiger partial charge in [-0.1, -0.05) is 41.9 Å². The largest absolute Gasteiger partial charge is 0.329 e. The molecule has 0 saturated heterocycles. The van der Waals surface area contributed by atoms with Gasteiger partial charge in [-0.3, -0.25) is 15.6 Å². The lowest BCUT2D eigenvalue weighted by molar-refractivity contribution is -0.116. The van der Waals surface area contributed by atoms with E-state index in [2.05, 4.69) is 16.2 Å². The Bertz CT molecular complexity index is 1000. The molecule has 0 aliphatic heterocycles. The second-order valence-corrected chi connectivity index (χ2v) is 7.03. The lowest BCUT2D eigenvalue weighted by Crippen LogP contribution is -2.43. The van der Waals surface area contributed by atoms with Gasteiger partial charge in [0.25, 0.3) is 5.91 Å². The van der Waals surface area contributed by atoms with Crippen molar-refractivity contribution in [2.45, 2.75) is 0 Å². The molecule has 1 heterocycles. The van der Waals surface area contributed by atoms with E-state index in [4.69, 9.17) is 23.8 Å². The van der Waals surface area contributed by atoms with Crippen molar-refractivity contribution in [3.63, 3.8) is 0 Å². The number of thiocarbonyl (C=S) groups is 1. The summed E-state index contributed by atoms with van der Waals surface area (Å²) in [6.45, 7) is 0. The Hall–Kier alpha value is -2.48. The van der Waals surface area contributed by atoms with Gasteiger partial charge in [-0.05, 0) is 36.5 Å². The Kier molecular flexibility index (Phi) is 5.82. The van der Waals surface area contributed by atoms with Crippen molar-refractivity contribution in [2.75, 3.05) is 5.32 Å². The number of para-hydroxylation sites is 1. The summed E-state index contributed by atoms with van der Waals surface area (Å²) in [5, 5.41) is 4.28. The van der Waals surface area contributed by atoms with Crippen molar-refractivity contribution >= 4 is 68.0 Å². The van der Waals surface area contributed by atoms with Gasteiger partial charge in [0.15, 0.2) is 5.11 Å². The molecule has 0 aliphatic rings. The van der Waals surface area contributed by atoms with E-state index in [1.807, 2.05) is 24.3 Å². The average molecular weight is 406 g/mol. The van der Waals surface area contributed by atoms with Crippen LogP contribution in [0.3, 0.4) is 0 Å². The summed E-state index contributed by atoms with van der Waals surface area (Å²) >= 11 is 12.8. The number of carbonyl (C=O) groups excluding carboxylic acids is 1. The molecule has 1 amide bonds. The Morgan fingerprint density at radius 2 is 1.85 bits per heavy atom. The lowest BCUT2D eigenvalue weighted by Gasteiger charge is -2.10. The molecule has 132 valence electrons. The van der Waals surface area contributed by atoms with Crippen molar-refractivity contribution in [3.05, 3.63) is 70.3 Å². The van der Waals surface area contributed by atoms with Gasteiger partial charge in [-0.15, -0.1) is 11.3 Å². The van der Waals surface area contributed by atoms with Crippen LogP contribution in [0.5, 0.6) is 0 Å². The highest BCUT2D eigenvalue weighted by atomic mass is 35.5. The number of carbonyl (C=O) groups is 1. The molecule has 0 bridgehead atoms. The summed E-state index contributed by atoms with van der Waals surface area (Å²) in [5.41, 5.74) is 5.13. The first-order valence-electron chi connectivity index (χ1n) is 7.51. The quantitative estimate of drug-likeness (QED) is 0.335. The second-order valence-electron chi connectivity index (χ2n) is 5.16. The van der Waals surface area contributed by atoms with Gasteiger partial charge in [-0.2, -0.15) is 0 Å². The molecule has 0 unspecified atom stereocenters. The number of rotatable bonds is 3. The molecule has 2 aromatic carbocycles. The van der Waals surface area contributed by atoms with E-state index >= 15 is 0 Å². The number of hydrogen-bond acceptors (Lipinski definition) is 3. The Morgan fingerprint density at radius 1 is 1.12 bits per heavy atom. The Morgan fingerprint density at radius 3 is 2.62 bits per heavy atom. The van der Waals surface area contributed by atoms with Gasteiger partial charge in [0.2, 0.25) is 0 Å². The minimum atomic E-state index is -0.442. The normalized spacial score (nSPS) is 10.8. The molecule has 0 aliphatic carbocycles. The summed E-state index contributed by atoms with van der Waals surface area (Å²) in [5.74, 6) is -0.863. The lowest BCUT2D eigenvalue weighted by atomic mass is 10.2. The smallest absolute Gasteiger partial charge is 0.262 e. The maximum absolute atomic E-state index is 13.5. The number of anilines is 1. The zero-order valence-electron chi connectivity index (χ0n) is 13.3. The minimum absolute atomic E-state index is 0.0664. The number of hydrogen-bond donors (Lipinski definition) is 3. The van der Waals surface area contributed by atoms with Crippen LogP contribution in [0.4, 0.5) is 10.1 Å². The molecule has 1 aromatic heterocycles. The van der Waals surface area contributed by atoms with E-state index in [9.17, 15) is 9.18 Å². The topological polar surface area (TPSA) is 53.2 Å². The summed E-state index contributed by atoms with van der Waals surface area (Å²) < 4.78 is 14.6. The summed E-state index contributed by atoms with van der Waals surface area (Å²) in [6.07, 6.45) is 2.98. The number of benzene rings is 2. The number of halogens is 2. The first kappa shape index (κ1) is 18.3. The molecule has 4 nitrogen and oxygen atoms in total. The van der Waals surface area contributed by atoms with Gasteiger partial charge in [0.05, 0.1) is 10.7 Å². The van der Waals surface area contributed by atoms with E-state index in [0.29, 0.717) is 5.02 Å². The van der Waals surface area contributed by atoms with Gasteiger partial charge >= 0.3 is 0 Å². The molecule has 0 spiro atoms. The van der Waals surface area contributed by atoms with E-state index in [1.54, 1.807) is 18.2 Å². The van der Waals surface area contributed by atoms with Crippen LogP contribution in [0.25, 0.3) is 16.2 Å². The van der Waals surface area contributed by atoms with Crippen molar-refractivity contribution in [3.8, 4) is 0 Å². The van der Waals surface area contributed by atoms with Gasteiger partial charge in [-0.25, -0.2) is 4.39 Å². The third-order valence-electron chi connectivity index (χ3n) is 3.37. The van der Waals surface area contributed by atoms with Gasteiger partial charge < -0.3 is 5.32 Å². The zero-order valence-corrected chi connectivity index (χ0v) is 15.6. The SMILES string of the molecule is O=C(/C=C/c1sc2ccccc2c1Cl)NNC(=S)Nc1ccccc1F. The zero-order chi connectivity index (χ0) is 18.5. The van der Waals surface area contributed by atoms with Crippen LogP contribution in [0, 0.1) is 5.82 Å². The van der Waals surface area contributed by atoms with Crippen molar-refractivity contribution in [2.24, 2.45) is 0 Å². The molecule has 3 aromatic rings. The monoisotopic (exact) mass is 405 g/mol. The predicted octanol–water partition coefficient (Wildman–Crippen LogP) is 4.72. The first-order valence-corrected chi connectivity index (χ1v) is 9.11. The molecule has 8 heteroatoms. The van der Waals surface area contributed by atoms with Crippen LogP contribution in [0.15, 0.2) is 54.6 Å².